The molecule has 0 aromatic heterocycles. The second-order valence-electron chi connectivity index (χ2n) is 10.9. The Balaban J connectivity index is 1.47. The SMILES string of the molecule is CN(Cc1cccc(C(F)(F)F)c1)C(=O)[C@@H](CC(=O)O)N1C(=O)[C@H](N2C(=O)OC[C@@H]2c2ccccc2)[C@H]1C=Cc1ccccc1. The van der Waals surface area contributed by atoms with E-state index in [1.807, 2.05) is 36.4 Å². The minimum atomic E-state index is -4.59. The second kappa shape index (κ2) is 12.8. The van der Waals surface area contributed by atoms with E-state index in [0.717, 1.165) is 33.1 Å². The maximum Gasteiger partial charge on any atom is 0.416 e. The van der Waals surface area contributed by atoms with Crippen molar-refractivity contribution in [3.63, 3.8) is 0 Å². The van der Waals surface area contributed by atoms with Gasteiger partial charge in [0.2, 0.25) is 11.8 Å². The molecule has 12 heteroatoms. The first kappa shape index (κ1) is 31.3. The Hall–Kier alpha value is -5.13. The number of alkyl halides is 3. The van der Waals surface area contributed by atoms with Crippen LogP contribution in [0.2, 0.25) is 0 Å². The molecule has 3 aromatic carbocycles. The summed E-state index contributed by atoms with van der Waals surface area (Å²) in [6.45, 7) is -0.262. The van der Waals surface area contributed by atoms with Crippen molar-refractivity contribution in [3.05, 3.63) is 113 Å². The molecular weight excluding hydrogens is 591 g/mol. The third kappa shape index (κ3) is 6.69. The number of carbonyl (C=O) groups is 4. The molecule has 0 radical (unpaired) electrons. The largest absolute Gasteiger partial charge is 0.481 e. The number of rotatable bonds is 10. The number of likely N-dealkylation sites (tertiary alicyclic amines) is 1. The summed E-state index contributed by atoms with van der Waals surface area (Å²) in [5.74, 6) is -2.78. The van der Waals surface area contributed by atoms with Crippen LogP contribution < -0.4 is 0 Å². The molecule has 3 aromatic rings. The summed E-state index contributed by atoms with van der Waals surface area (Å²) in [5.41, 5.74) is 0.787. The van der Waals surface area contributed by atoms with Gasteiger partial charge in [-0.3, -0.25) is 19.3 Å². The molecule has 5 rings (SSSR count). The number of benzene rings is 3. The van der Waals surface area contributed by atoms with E-state index in [-0.39, 0.29) is 18.7 Å². The first-order valence-electron chi connectivity index (χ1n) is 14.1. The molecule has 2 fully saturated rings. The molecule has 2 aliphatic heterocycles. The summed E-state index contributed by atoms with van der Waals surface area (Å²) in [6.07, 6.45) is -2.71. The number of carbonyl (C=O) groups excluding carboxylic acids is 3. The van der Waals surface area contributed by atoms with Gasteiger partial charge in [-0.05, 0) is 28.8 Å². The molecule has 2 aliphatic rings. The Morgan fingerprint density at radius 3 is 2.33 bits per heavy atom. The van der Waals surface area contributed by atoms with Crippen LogP contribution in [-0.4, -0.2) is 75.5 Å². The van der Waals surface area contributed by atoms with Crippen molar-refractivity contribution in [3.8, 4) is 0 Å². The maximum atomic E-state index is 13.9. The number of hydrogen-bond acceptors (Lipinski definition) is 5. The Morgan fingerprint density at radius 2 is 1.69 bits per heavy atom. The molecule has 0 spiro atoms. The van der Waals surface area contributed by atoms with Crippen LogP contribution in [0.25, 0.3) is 6.08 Å². The van der Waals surface area contributed by atoms with Crippen LogP contribution in [0.5, 0.6) is 0 Å². The molecule has 2 saturated heterocycles. The zero-order valence-corrected chi connectivity index (χ0v) is 24.1. The molecule has 2 heterocycles. The normalized spacial score (nSPS) is 20.6. The smallest absolute Gasteiger partial charge is 0.416 e. The van der Waals surface area contributed by atoms with Gasteiger partial charge >= 0.3 is 18.2 Å². The molecule has 0 saturated carbocycles. The lowest BCUT2D eigenvalue weighted by molar-refractivity contribution is -0.167. The predicted molar refractivity (Wildman–Crippen MR) is 156 cm³/mol. The number of amides is 3. The monoisotopic (exact) mass is 621 g/mol. The van der Waals surface area contributed by atoms with Gasteiger partial charge < -0.3 is 19.6 Å². The van der Waals surface area contributed by atoms with Gasteiger partial charge in [-0.25, -0.2) is 4.79 Å². The van der Waals surface area contributed by atoms with Crippen molar-refractivity contribution >= 4 is 30.0 Å². The zero-order chi connectivity index (χ0) is 32.3. The Labute approximate surface area is 257 Å². The standard InChI is InChI=1S/C33H30F3N3O6/c1-37(19-22-11-8-14-24(17-22)33(34,35)36)30(42)26(18-28(40)41)38-25(16-15-21-9-4-2-5-10-21)29(31(38)43)39-27(20-45-32(39)44)23-12-6-3-7-13-23/h2-17,25-27,29H,18-20H2,1H3,(H,40,41)/t25-,26-,27-,29-/m1/s1. The fraction of sp³-hybridized carbons (Fsp3) is 0.273. The van der Waals surface area contributed by atoms with Crippen molar-refractivity contribution in [1.29, 1.82) is 0 Å². The van der Waals surface area contributed by atoms with Crippen LogP contribution in [0.15, 0.2) is 91.0 Å². The number of nitrogens with zero attached hydrogens (tertiary/aromatic N) is 3. The highest BCUT2D eigenvalue weighted by molar-refractivity contribution is 5.99. The predicted octanol–water partition coefficient (Wildman–Crippen LogP) is 4.99. The maximum absolute atomic E-state index is 13.9. The number of halogens is 3. The van der Waals surface area contributed by atoms with Gasteiger partial charge in [-0.1, -0.05) is 84.9 Å². The van der Waals surface area contributed by atoms with Gasteiger partial charge in [0, 0.05) is 13.6 Å². The van der Waals surface area contributed by atoms with Crippen molar-refractivity contribution in [2.45, 2.75) is 43.3 Å². The third-order valence-electron chi connectivity index (χ3n) is 7.87. The molecule has 9 nitrogen and oxygen atoms in total. The van der Waals surface area contributed by atoms with E-state index in [2.05, 4.69) is 0 Å². The van der Waals surface area contributed by atoms with E-state index in [1.165, 1.54) is 24.1 Å². The van der Waals surface area contributed by atoms with Crippen LogP contribution in [0.1, 0.15) is 34.7 Å². The van der Waals surface area contributed by atoms with Crippen molar-refractivity contribution in [1.82, 2.24) is 14.7 Å². The average Bonchev–Trinajstić information content (AvgIpc) is 3.39. The van der Waals surface area contributed by atoms with Crippen molar-refractivity contribution in [2.75, 3.05) is 13.7 Å². The fourth-order valence-electron chi connectivity index (χ4n) is 5.73. The zero-order valence-electron chi connectivity index (χ0n) is 24.1. The minimum Gasteiger partial charge on any atom is -0.481 e. The van der Waals surface area contributed by atoms with Crippen LogP contribution >= 0.6 is 0 Å². The van der Waals surface area contributed by atoms with Gasteiger partial charge in [0.25, 0.3) is 0 Å². The highest BCUT2D eigenvalue weighted by atomic mass is 19.4. The summed E-state index contributed by atoms with van der Waals surface area (Å²) >= 11 is 0. The van der Waals surface area contributed by atoms with Gasteiger partial charge in [0.05, 0.1) is 24.1 Å². The van der Waals surface area contributed by atoms with E-state index in [0.29, 0.717) is 0 Å². The van der Waals surface area contributed by atoms with Crippen LogP contribution in [-0.2, 0) is 31.8 Å². The lowest BCUT2D eigenvalue weighted by atomic mass is 9.87. The number of β-lactam (4-membered cyclic amide) rings is 1. The number of cyclic esters (lactones) is 1. The lowest BCUT2D eigenvalue weighted by Crippen LogP contribution is -2.74. The van der Waals surface area contributed by atoms with E-state index in [9.17, 15) is 37.5 Å². The molecule has 0 aliphatic carbocycles. The molecule has 45 heavy (non-hydrogen) atoms. The van der Waals surface area contributed by atoms with Gasteiger partial charge in [0.15, 0.2) is 0 Å². The summed E-state index contributed by atoms with van der Waals surface area (Å²) in [6, 6.07) is 18.4. The summed E-state index contributed by atoms with van der Waals surface area (Å²) in [7, 11) is 1.33. The lowest BCUT2D eigenvalue weighted by Gasteiger charge is -2.52. The number of aliphatic carboxylic acids is 1. The highest BCUT2D eigenvalue weighted by Crippen LogP contribution is 2.39. The number of carboxylic acid groups (broad SMARTS) is 1. The topological polar surface area (TPSA) is 107 Å². The Kier molecular flexibility index (Phi) is 8.94. The molecule has 0 unspecified atom stereocenters. The molecule has 234 valence electrons. The quantitative estimate of drug-likeness (QED) is 0.320. The highest BCUT2D eigenvalue weighted by Gasteiger charge is 2.58. The van der Waals surface area contributed by atoms with Gasteiger partial charge in [-0.15, -0.1) is 0 Å². The Bertz CT molecular complexity index is 1600. The second-order valence-corrected chi connectivity index (χ2v) is 10.9. The Morgan fingerprint density at radius 1 is 1.02 bits per heavy atom. The number of carboxylic acids is 1. The minimum absolute atomic E-state index is 0.00103. The summed E-state index contributed by atoms with van der Waals surface area (Å²) < 4.78 is 45.2. The van der Waals surface area contributed by atoms with Crippen LogP contribution in [0, 0.1) is 0 Å². The molecule has 3 amide bonds. The number of likely N-dealkylation sites (N-methyl/N-ethyl adjacent to an activating group) is 1. The van der Waals surface area contributed by atoms with Gasteiger partial charge in [0.1, 0.15) is 18.7 Å². The number of ether oxygens (including phenoxy) is 1. The third-order valence-corrected chi connectivity index (χ3v) is 7.87. The van der Waals surface area contributed by atoms with E-state index in [4.69, 9.17) is 4.74 Å². The fourth-order valence-corrected chi connectivity index (χ4v) is 5.73. The number of hydrogen-bond donors (Lipinski definition) is 1. The van der Waals surface area contributed by atoms with Crippen LogP contribution in [0.3, 0.4) is 0 Å². The van der Waals surface area contributed by atoms with Crippen molar-refractivity contribution in [2.24, 2.45) is 0 Å². The molecule has 4 atom stereocenters. The molecule has 1 N–H and O–H groups in total. The molecule has 0 bridgehead atoms. The van der Waals surface area contributed by atoms with E-state index < -0.39 is 66.2 Å². The average molecular weight is 622 g/mol. The first-order valence-corrected chi connectivity index (χ1v) is 14.1. The first-order chi connectivity index (χ1) is 21.5. The molecular formula is C33H30F3N3O6. The van der Waals surface area contributed by atoms with Gasteiger partial charge in [-0.2, -0.15) is 13.2 Å². The van der Waals surface area contributed by atoms with E-state index >= 15 is 0 Å². The van der Waals surface area contributed by atoms with Crippen molar-refractivity contribution < 1.29 is 42.2 Å². The summed E-state index contributed by atoms with van der Waals surface area (Å²) in [5, 5.41) is 9.75. The van der Waals surface area contributed by atoms with E-state index in [1.54, 1.807) is 36.4 Å². The van der Waals surface area contributed by atoms with Crippen LogP contribution in [0.4, 0.5) is 18.0 Å². The summed E-state index contributed by atoms with van der Waals surface area (Å²) in [4.78, 5) is 56.2.